The molecule has 2 aromatic rings. The lowest BCUT2D eigenvalue weighted by Crippen LogP contribution is -2.45. The van der Waals surface area contributed by atoms with Crippen molar-refractivity contribution in [3.8, 4) is 0 Å². The van der Waals surface area contributed by atoms with Gasteiger partial charge in [-0.1, -0.05) is 35.9 Å². The standard InChI is InChI=1S/C19H20N2O4S/c1-13-7-9-15(10-8-13)26(24,25)21-17(11-12-18(21)22)19(23)20-16-6-4-3-5-14(16)2/h3-10,17H,11-12H2,1-2H3,(H,20,23). The molecule has 1 aliphatic heterocycles. The number of nitrogens with zero attached hydrogens (tertiary/aromatic N) is 1. The van der Waals surface area contributed by atoms with Crippen molar-refractivity contribution in [2.24, 2.45) is 0 Å². The SMILES string of the molecule is Cc1ccc(S(=O)(=O)N2C(=O)CCC2C(=O)Nc2ccccc2C)cc1. The molecule has 1 aliphatic rings. The number of amides is 2. The summed E-state index contributed by atoms with van der Waals surface area (Å²) in [7, 11) is -4.08. The molecular weight excluding hydrogens is 352 g/mol. The summed E-state index contributed by atoms with van der Waals surface area (Å²) in [5, 5.41) is 2.74. The van der Waals surface area contributed by atoms with Crippen molar-refractivity contribution in [1.29, 1.82) is 0 Å². The minimum Gasteiger partial charge on any atom is -0.324 e. The predicted molar refractivity (Wildman–Crippen MR) is 98.0 cm³/mol. The van der Waals surface area contributed by atoms with E-state index in [0.29, 0.717) is 5.69 Å². The Morgan fingerprint density at radius 1 is 1.08 bits per heavy atom. The molecule has 0 radical (unpaired) electrons. The van der Waals surface area contributed by atoms with Crippen molar-refractivity contribution in [2.75, 3.05) is 5.32 Å². The summed E-state index contributed by atoms with van der Waals surface area (Å²) in [6.07, 6.45) is 0.193. The Bertz CT molecular complexity index is 952. The number of benzene rings is 2. The van der Waals surface area contributed by atoms with Crippen LogP contribution in [0.25, 0.3) is 0 Å². The monoisotopic (exact) mass is 372 g/mol. The number of anilines is 1. The highest BCUT2D eigenvalue weighted by Crippen LogP contribution is 2.28. The van der Waals surface area contributed by atoms with E-state index in [-0.39, 0.29) is 17.7 Å². The molecule has 0 aliphatic carbocycles. The first-order valence-corrected chi connectivity index (χ1v) is 9.75. The highest BCUT2D eigenvalue weighted by molar-refractivity contribution is 7.89. The molecule has 2 amide bonds. The smallest absolute Gasteiger partial charge is 0.267 e. The molecule has 0 saturated carbocycles. The summed E-state index contributed by atoms with van der Waals surface area (Å²) in [5.74, 6) is -1.06. The van der Waals surface area contributed by atoms with Gasteiger partial charge < -0.3 is 5.32 Å². The van der Waals surface area contributed by atoms with Gasteiger partial charge in [-0.25, -0.2) is 12.7 Å². The molecule has 6 nitrogen and oxygen atoms in total. The highest BCUT2D eigenvalue weighted by Gasteiger charge is 2.44. The third-order valence-corrected chi connectivity index (χ3v) is 6.29. The van der Waals surface area contributed by atoms with Gasteiger partial charge in [-0.2, -0.15) is 0 Å². The fourth-order valence-corrected chi connectivity index (χ4v) is 4.56. The fraction of sp³-hybridized carbons (Fsp3) is 0.263. The Kier molecular flexibility index (Phi) is 4.82. The largest absolute Gasteiger partial charge is 0.324 e. The molecule has 1 heterocycles. The topological polar surface area (TPSA) is 83.6 Å². The lowest BCUT2D eigenvalue weighted by Gasteiger charge is -2.24. The quantitative estimate of drug-likeness (QED) is 0.894. The normalized spacial score (nSPS) is 17.4. The number of aryl methyl sites for hydroxylation is 2. The van der Waals surface area contributed by atoms with E-state index < -0.39 is 27.9 Å². The summed E-state index contributed by atoms with van der Waals surface area (Å²) in [6, 6.07) is 12.4. The Hall–Kier alpha value is -2.67. The summed E-state index contributed by atoms with van der Waals surface area (Å²) < 4.78 is 26.6. The molecule has 0 spiro atoms. The second-order valence-corrected chi connectivity index (χ2v) is 8.18. The van der Waals surface area contributed by atoms with E-state index in [1.807, 2.05) is 26.0 Å². The van der Waals surface area contributed by atoms with Crippen LogP contribution in [0, 0.1) is 13.8 Å². The summed E-state index contributed by atoms with van der Waals surface area (Å²) in [4.78, 5) is 25.0. The third-order valence-electron chi connectivity index (χ3n) is 4.44. The van der Waals surface area contributed by atoms with Crippen LogP contribution in [0.4, 0.5) is 5.69 Å². The number of para-hydroxylation sites is 1. The number of hydrogen-bond donors (Lipinski definition) is 1. The zero-order chi connectivity index (χ0) is 18.9. The van der Waals surface area contributed by atoms with Crippen molar-refractivity contribution in [1.82, 2.24) is 4.31 Å². The first-order valence-electron chi connectivity index (χ1n) is 8.31. The number of nitrogens with one attached hydrogen (secondary N) is 1. The summed E-state index contributed by atoms with van der Waals surface area (Å²) in [6.45, 7) is 3.69. The average Bonchev–Trinajstić information content (AvgIpc) is 3.00. The maximum absolute atomic E-state index is 12.9. The maximum Gasteiger partial charge on any atom is 0.267 e. The van der Waals surface area contributed by atoms with Crippen LogP contribution in [0.5, 0.6) is 0 Å². The van der Waals surface area contributed by atoms with Gasteiger partial charge in [0.25, 0.3) is 10.0 Å². The second-order valence-electron chi connectivity index (χ2n) is 6.37. The number of hydrogen-bond acceptors (Lipinski definition) is 4. The van der Waals surface area contributed by atoms with E-state index in [1.165, 1.54) is 12.1 Å². The lowest BCUT2D eigenvalue weighted by atomic mass is 10.1. The predicted octanol–water partition coefficient (Wildman–Crippen LogP) is 2.62. The zero-order valence-corrected chi connectivity index (χ0v) is 15.4. The maximum atomic E-state index is 12.9. The van der Waals surface area contributed by atoms with Crippen LogP contribution < -0.4 is 5.32 Å². The highest BCUT2D eigenvalue weighted by atomic mass is 32.2. The van der Waals surface area contributed by atoms with E-state index in [0.717, 1.165) is 15.4 Å². The molecule has 1 saturated heterocycles. The van der Waals surface area contributed by atoms with Crippen LogP contribution >= 0.6 is 0 Å². The van der Waals surface area contributed by atoms with Gasteiger partial charge in [0.1, 0.15) is 6.04 Å². The average molecular weight is 372 g/mol. The summed E-state index contributed by atoms with van der Waals surface area (Å²) in [5.41, 5.74) is 2.37. The minimum atomic E-state index is -4.08. The van der Waals surface area contributed by atoms with Crippen molar-refractivity contribution in [3.63, 3.8) is 0 Å². The van der Waals surface area contributed by atoms with E-state index in [2.05, 4.69) is 5.32 Å². The molecule has 26 heavy (non-hydrogen) atoms. The lowest BCUT2D eigenvalue weighted by molar-refractivity contribution is -0.128. The van der Waals surface area contributed by atoms with Crippen molar-refractivity contribution in [3.05, 3.63) is 59.7 Å². The van der Waals surface area contributed by atoms with Gasteiger partial charge >= 0.3 is 0 Å². The van der Waals surface area contributed by atoms with Crippen LogP contribution in [0.2, 0.25) is 0 Å². The minimum absolute atomic E-state index is 0.00652. The first-order chi connectivity index (χ1) is 12.3. The van der Waals surface area contributed by atoms with Crippen LogP contribution in [-0.2, 0) is 19.6 Å². The molecule has 1 fully saturated rings. The molecule has 2 aromatic carbocycles. The van der Waals surface area contributed by atoms with E-state index in [1.54, 1.807) is 24.3 Å². The van der Waals surface area contributed by atoms with Crippen molar-refractivity contribution >= 4 is 27.5 Å². The van der Waals surface area contributed by atoms with Gasteiger partial charge in [0, 0.05) is 12.1 Å². The molecule has 1 N–H and O–H groups in total. The molecule has 7 heteroatoms. The Balaban J connectivity index is 1.90. The van der Waals surface area contributed by atoms with Gasteiger partial charge in [-0.05, 0) is 44.0 Å². The summed E-state index contributed by atoms with van der Waals surface area (Å²) >= 11 is 0. The van der Waals surface area contributed by atoms with Crippen LogP contribution in [0.3, 0.4) is 0 Å². The number of carbonyl (C=O) groups excluding carboxylic acids is 2. The fourth-order valence-electron chi connectivity index (χ4n) is 2.95. The van der Waals surface area contributed by atoms with E-state index in [4.69, 9.17) is 0 Å². The van der Waals surface area contributed by atoms with Crippen LogP contribution in [-0.4, -0.2) is 30.6 Å². The van der Waals surface area contributed by atoms with Gasteiger partial charge in [0.2, 0.25) is 11.8 Å². The van der Waals surface area contributed by atoms with Gasteiger partial charge in [-0.15, -0.1) is 0 Å². The van der Waals surface area contributed by atoms with E-state index in [9.17, 15) is 18.0 Å². The first kappa shape index (κ1) is 18.1. The number of sulfonamides is 1. The number of rotatable bonds is 4. The van der Waals surface area contributed by atoms with Gasteiger partial charge in [0.15, 0.2) is 0 Å². The van der Waals surface area contributed by atoms with E-state index >= 15 is 0 Å². The van der Waals surface area contributed by atoms with Crippen LogP contribution in [0.1, 0.15) is 24.0 Å². The molecule has 136 valence electrons. The number of carbonyl (C=O) groups is 2. The molecule has 1 unspecified atom stereocenters. The molecule has 0 aromatic heterocycles. The van der Waals surface area contributed by atoms with Gasteiger partial charge in [-0.3, -0.25) is 9.59 Å². The van der Waals surface area contributed by atoms with Crippen molar-refractivity contribution < 1.29 is 18.0 Å². The Morgan fingerprint density at radius 2 is 1.73 bits per heavy atom. The van der Waals surface area contributed by atoms with Gasteiger partial charge in [0.05, 0.1) is 4.90 Å². The molecular formula is C19H20N2O4S. The second kappa shape index (κ2) is 6.92. The Labute approximate surface area is 152 Å². The zero-order valence-electron chi connectivity index (χ0n) is 14.6. The Morgan fingerprint density at radius 3 is 2.38 bits per heavy atom. The molecule has 1 atom stereocenters. The third kappa shape index (κ3) is 3.35. The molecule has 3 rings (SSSR count). The molecule has 0 bridgehead atoms. The van der Waals surface area contributed by atoms with Crippen molar-refractivity contribution in [2.45, 2.75) is 37.6 Å². The van der Waals surface area contributed by atoms with Crippen LogP contribution in [0.15, 0.2) is 53.4 Å².